The summed E-state index contributed by atoms with van der Waals surface area (Å²) in [5.41, 5.74) is 1.20. The maximum absolute atomic E-state index is 12.8. The van der Waals surface area contributed by atoms with E-state index < -0.39 is 0 Å². The van der Waals surface area contributed by atoms with Gasteiger partial charge < -0.3 is 5.32 Å². The van der Waals surface area contributed by atoms with Crippen molar-refractivity contribution in [3.8, 4) is 0 Å². The van der Waals surface area contributed by atoms with Crippen LogP contribution in [0.4, 0.5) is 4.39 Å². The Morgan fingerprint density at radius 1 is 1.31 bits per heavy atom. The van der Waals surface area contributed by atoms with Gasteiger partial charge in [-0.15, -0.1) is 0 Å². The molecular weight excluding hydrogens is 269 g/mol. The fourth-order valence-electron chi connectivity index (χ4n) is 1.76. The lowest BCUT2D eigenvalue weighted by atomic mass is 10.1. The minimum atomic E-state index is -0.175. The Labute approximate surface area is 105 Å². The zero-order valence-electron chi connectivity index (χ0n) is 9.31. The van der Waals surface area contributed by atoms with Crippen LogP contribution in [-0.4, -0.2) is 12.6 Å². The SMILES string of the molecule is Fc1ccc(CCCCNC2CC2)c(Br)c1. The molecule has 2 rings (SSSR count). The maximum atomic E-state index is 12.8. The van der Waals surface area contributed by atoms with E-state index in [0.717, 1.165) is 29.9 Å². The summed E-state index contributed by atoms with van der Waals surface area (Å²) < 4.78 is 13.7. The molecule has 1 aliphatic rings. The van der Waals surface area contributed by atoms with Gasteiger partial charge in [-0.25, -0.2) is 4.39 Å². The third kappa shape index (κ3) is 3.87. The van der Waals surface area contributed by atoms with Crippen LogP contribution in [0.25, 0.3) is 0 Å². The van der Waals surface area contributed by atoms with Gasteiger partial charge >= 0.3 is 0 Å². The van der Waals surface area contributed by atoms with E-state index in [9.17, 15) is 4.39 Å². The molecule has 1 nitrogen and oxygen atoms in total. The minimum absolute atomic E-state index is 0.175. The molecule has 16 heavy (non-hydrogen) atoms. The van der Waals surface area contributed by atoms with Crippen LogP contribution in [0.15, 0.2) is 22.7 Å². The van der Waals surface area contributed by atoms with Gasteiger partial charge in [0, 0.05) is 10.5 Å². The summed E-state index contributed by atoms with van der Waals surface area (Å²) in [5.74, 6) is -0.175. The summed E-state index contributed by atoms with van der Waals surface area (Å²) in [6.07, 6.45) is 6.07. The standard InChI is InChI=1S/C13H17BrFN/c14-13-9-11(15)5-4-10(13)3-1-2-8-16-12-6-7-12/h4-5,9,12,16H,1-3,6-8H2. The lowest BCUT2D eigenvalue weighted by molar-refractivity contribution is 0.614. The normalized spacial score (nSPS) is 15.4. The molecule has 0 radical (unpaired) electrons. The second-order valence-electron chi connectivity index (χ2n) is 4.42. The highest BCUT2D eigenvalue weighted by Gasteiger charge is 2.19. The molecule has 0 saturated heterocycles. The van der Waals surface area contributed by atoms with Crippen LogP contribution < -0.4 is 5.32 Å². The van der Waals surface area contributed by atoms with Crippen molar-refractivity contribution in [2.45, 2.75) is 38.1 Å². The van der Waals surface area contributed by atoms with Crippen LogP contribution in [0.2, 0.25) is 0 Å². The van der Waals surface area contributed by atoms with Crippen molar-refractivity contribution in [1.29, 1.82) is 0 Å². The zero-order chi connectivity index (χ0) is 11.4. The van der Waals surface area contributed by atoms with Crippen LogP contribution in [0.3, 0.4) is 0 Å². The summed E-state index contributed by atoms with van der Waals surface area (Å²) in [7, 11) is 0. The highest BCUT2D eigenvalue weighted by Crippen LogP contribution is 2.20. The number of nitrogens with one attached hydrogen (secondary N) is 1. The van der Waals surface area contributed by atoms with Crippen LogP contribution in [0.1, 0.15) is 31.2 Å². The van der Waals surface area contributed by atoms with Crippen LogP contribution in [0, 0.1) is 5.82 Å². The molecule has 0 aliphatic heterocycles. The lowest BCUT2D eigenvalue weighted by Crippen LogP contribution is -2.17. The average molecular weight is 286 g/mol. The Kier molecular flexibility index (Phi) is 4.36. The smallest absolute Gasteiger partial charge is 0.124 e. The first-order valence-corrected chi connectivity index (χ1v) is 6.72. The van der Waals surface area contributed by atoms with Gasteiger partial charge in [-0.1, -0.05) is 22.0 Å². The van der Waals surface area contributed by atoms with E-state index in [1.807, 2.05) is 6.07 Å². The number of unbranched alkanes of at least 4 members (excludes halogenated alkanes) is 1. The van der Waals surface area contributed by atoms with E-state index in [1.54, 1.807) is 0 Å². The number of rotatable bonds is 6. The maximum Gasteiger partial charge on any atom is 0.124 e. The van der Waals surface area contributed by atoms with Gasteiger partial charge in [-0.3, -0.25) is 0 Å². The van der Waals surface area contributed by atoms with Crippen molar-refractivity contribution >= 4 is 15.9 Å². The van der Waals surface area contributed by atoms with Crippen molar-refractivity contribution in [2.24, 2.45) is 0 Å². The second kappa shape index (κ2) is 5.78. The van der Waals surface area contributed by atoms with Gasteiger partial charge in [-0.05, 0) is 56.3 Å². The second-order valence-corrected chi connectivity index (χ2v) is 5.28. The number of benzene rings is 1. The predicted molar refractivity (Wildman–Crippen MR) is 68.1 cm³/mol. The van der Waals surface area contributed by atoms with E-state index in [2.05, 4.69) is 21.2 Å². The molecule has 0 bridgehead atoms. The Morgan fingerprint density at radius 2 is 2.12 bits per heavy atom. The zero-order valence-corrected chi connectivity index (χ0v) is 10.9. The molecular formula is C13H17BrFN. The molecule has 0 amide bonds. The molecule has 0 spiro atoms. The highest BCUT2D eigenvalue weighted by atomic mass is 79.9. The molecule has 1 aliphatic carbocycles. The van der Waals surface area contributed by atoms with Crippen molar-refractivity contribution in [3.63, 3.8) is 0 Å². The minimum Gasteiger partial charge on any atom is -0.314 e. The first-order chi connectivity index (χ1) is 7.75. The molecule has 1 saturated carbocycles. The number of hydrogen-bond acceptors (Lipinski definition) is 1. The van der Waals surface area contributed by atoms with Crippen LogP contribution in [-0.2, 0) is 6.42 Å². The first kappa shape index (κ1) is 12.1. The largest absolute Gasteiger partial charge is 0.314 e. The molecule has 1 fully saturated rings. The first-order valence-electron chi connectivity index (χ1n) is 5.93. The Hall–Kier alpha value is -0.410. The van der Waals surface area contributed by atoms with E-state index in [4.69, 9.17) is 0 Å². The molecule has 3 heteroatoms. The third-order valence-corrected chi connectivity index (χ3v) is 3.64. The number of hydrogen-bond donors (Lipinski definition) is 1. The summed E-state index contributed by atoms with van der Waals surface area (Å²) in [6.45, 7) is 1.11. The summed E-state index contributed by atoms with van der Waals surface area (Å²) in [6, 6.07) is 5.74. The van der Waals surface area contributed by atoms with Crippen LogP contribution in [0.5, 0.6) is 0 Å². The van der Waals surface area contributed by atoms with Gasteiger partial charge in [0.15, 0.2) is 0 Å². The van der Waals surface area contributed by atoms with Gasteiger partial charge in [-0.2, -0.15) is 0 Å². The fraction of sp³-hybridized carbons (Fsp3) is 0.538. The van der Waals surface area contributed by atoms with E-state index in [-0.39, 0.29) is 5.82 Å². The van der Waals surface area contributed by atoms with Gasteiger partial charge in [0.1, 0.15) is 5.82 Å². The van der Waals surface area contributed by atoms with Gasteiger partial charge in [0.25, 0.3) is 0 Å². The monoisotopic (exact) mass is 285 g/mol. The van der Waals surface area contributed by atoms with Gasteiger partial charge in [0.2, 0.25) is 0 Å². The molecule has 0 unspecified atom stereocenters. The number of halogens is 2. The summed E-state index contributed by atoms with van der Waals surface area (Å²) in [4.78, 5) is 0. The third-order valence-electron chi connectivity index (χ3n) is 2.90. The van der Waals surface area contributed by atoms with Crippen molar-refractivity contribution in [2.75, 3.05) is 6.54 Å². The predicted octanol–water partition coefficient (Wildman–Crippen LogP) is 3.66. The van der Waals surface area contributed by atoms with Crippen molar-refractivity contribution < 1.29 is 4.39 Å². The fourth-order valence-corrected chi connectivity index (χ4v) is 2.31. The highest BCUT2D eigenvalue weighted by molar-refractivity contribution is 9.10. The van der Waals surface area contributed by atoms with Crippen molar-refractivity contribution in [1.82, 2.24) is 5.32 Å². The quantitative estimate of drug-likeness (QED) is 0.787. The van der Waals surface area contributed by atoms with E-state index in [0.29, 0.717) is 0 Å². The Bertz CT molecular complexity index is 350. The van der Waals surface area contributed by atoms with E-state index in [1.165, 1.54) is 37.0 Å². The molecule has 1 aromatic rings. The Balaban J connectivity index is 1.67. The molecule has 0 atom stereocenters. The Morgan fingerprint density at radius 3 is 2.81 bits per heavy atom. The van der Waals surface area contributed by atoms with Crippen LogP contribution >= 0.6 is 15.9 Å². The molecule has 0 aromatic heterocycles. The van der Waals surface area contributed by atoms with Crippen molar-refractivity contribution in [3.05, 3.63) is 34.1 Å². The molecule has 0 heterocycles. The lowest BCUT2D eigenvalue weighted by Gasteiger charge is -2.05. The molecule has 1 aromatic carbocycles. The van der Waals surface area contributed by atoms with E-state index >= 15 is 0 Å². The summed E-state index contributed by atoms with van der Waals surface area (Å²) in [5, 5.41) is 3.49. The topological polar surface area (TPSA) is 12.0 Å². The van der Waals surface area contributed by atoms with Gasteiger partial charge in [0.05, 0.1) is 0 Å². The molecule has 1 N–H and O–H groups in total. The number of aryl methyl sites for hydroxylation is 1. The summed E-state index contributed by atoms with van der Waals surface area (Å²) >= 11 is 3.39. The molecule has 88 valence electrons. The average Bonchev–Trinajstić information content (AvgIpc) is 3.04.